The number of benzene rings is 1. The van der Waals surface area contributed by atoms with Crippen molar-refractivity contribution in [3.05, 3.63) is 65.0 Å². The summed E-state index contributed by atoms with van der Waals surface area (Å²) >= 11 is 0. The van der Waals surface area contributed by atoms with Crippen molar-refractivity contribution in [2.45, 2.75) is 5.41 Å². The maximum Gasteiger partial charge on any atom is 0.220 e. The lowest BCUT2D eigenvalue weighted by atomic mass is 9.56. The number of fused-ring (bicyclic) bond motifs is 4. The SMILES string of the molecule is O=C1C=C2C=CC(=O)C3(C(=O)C=Cc4cc(O)c(O)cc43)C2C=C1O. The van der Waals surface area contributed by atoms with Gasteiger partial charge in [0.05, 0.1) is 0 Å². The summed E-state index contributed by atoms with van der Waals surface area (Å²) in [4.78, 5) is 37.5. The highest BCUT2D eigenvalue weighted by molar-refractivity contribution is 6.25. The van der Waals surface area contributed by atoms with E-state index in [1.54, 1.807) is 0 Å². The van der Waals surface area contributed by atoms with Crippen LogP contribution in [0.25, 0.3) is 6.08 Å². The Balaban J connectivity index is 2.08. The highest BCUT2D eigenvalue weighted by Gasteiger charge is 2.56. The van der Waals surface area contributed by atoms with E-state index in [1.165, 1.54) is 48.6 Å². The number of phenols is 2. The zero-order chi connectivity index (χ0) is 17.9. The van der Waals surface area contributed by atoms with Crippen LogP contribution in [0, 0.1) is 5.92 Å². The second kappa shape index (κ2) is 4.80. The molecule has 3 aliphatic rings. The molecule has 25 heavy (non-hydrogen) atoms. The summed E-state index contributed by atoms with van der Waals surface area (Å²) in [5, 5.41) is 29.5. The average Bonchev–Trinajstić information content (AvgIpc) is 2.57. The second-order valence-corrected chi connectivity index (χ2v) is 6.17. The van der Waals surface area contributed by atoms with E-state index in [9.17, 15) is 29.7 Å². The van der Waals surface area contributed by atoms with Gasteiger partial charge in [0.25, 0.3) is 0 Å². The number of ketones is 3. The van der Waals surface area contributed by atoms with Crippen LogP contribution >= 0.6 is 0 Å². The van der Waals surface area contributed by atoms with Gasteiger partial charge in [-0.2, -0.15) is 0 Å². The van der Waals surface area contributed by atoms with E-state index < -0.39 is 40.2 Å². The molecule has 4 rings (SSSR count). The second-order valence-electron chi connectivity index (χ2n) is 6.17. The molecule has 2 unspecified atom stereocenters. The molecule has 1 spiro atoms. The lowest BCUT2D eigenvalue weighted by molar-refractivity contribution is -0.132. The third-order valence-electron chi connectivity index (χ3n) is 4.89. The van der Waals surface area contributed by atoms with Crippen molar-refractivity contribution < 1.29 is 29.7 Å². The van der Waals surface area contributed by atoms with E-state index in [4.69, 9.17) is 0 Å². The molecule has 3 aliphatic carbocycles. The minimum atomic E-state index is -1.73. The Kier molecular flexibility index (Phi) is 2.90. The van der Waals surface area contributed by atoms with Crippen LogP contribution in [0.1, 0.15) is 11.1 Å². The average molecular weight is 336 g/mol. The van der Waals surface area contributed by atoms with Crippen molar-refractivity contribution in [3.8, 4) is 11.5 Å². The smallest absolute Gasteiger partial charge is 0.220 e. The molecule has 0 aromatic heterocycles. The first kappa shape index (κ1) is 15.1. The Morgan fingerprint density at radius 3 is 2.20 bits per heavy atom. The first-order valence-electron chi connectivity index (χ1n) is 7.54. The van der Waals surface area contributed by atoms with E-state index in [0.29, 0.717) is 11.1 Å². The fourth-order valence-corrected chi connectivity index (χ4v) is 3.71. The molecular weight excluding hydrogens is 324 g/mol. The zero-order valence-electron chi connectivity index (χ0n) is 12.8. The molecule has 0 bridgehead atoms. The van der Waals surface area contributed by atoms with Crippen LogP contribution in [0.4, 0.5) is 0 Å². The maximum atomic E-state index is 12.9. The number of carbonyl (C=O) groups is 3. The molecule has 124 valence electrons. The number of phenolic OH excluding ortho intramolecular Hbond substituents is 2. The number of carbonyl (C=O) groups excluding carboxylic acids is 3. The Morgan fingerprint density at radius 2 is 1.48 bits per heavy atom. The topological polar surface area (TPSA) is 112 Å². The lowest BCUT2D eigenvalue weighted by Crippen LogP contribution is -2.52. The molecule has 6 heteroatoms. The summed E-state index contributed by atoms with van der Waals surface area (Å²) < 4.78 is 0. The third-order valence-corrected chi connectivity index (χ3v) is 4.89. The van der Waals surface area contributed by atoms with Crippen molar-refractivity contribution in [2.24, 2.45) is 5.92 Å². The number of aliphatic hydroxyl groups excluding tert-OH is 1. The van der Waals surface area contributed by atoms with Crippen molar-refractivity contribution in [3.63, 3.8) is 0 Å². The fraction of sp³-hybridized carbons (Fsp3) is 0.105. The first-order valence-corrected chi connectivity index (χ1v) is 7.54. The van der Waals surface area contributed by atoms with E-state index in [0.717, 1.165) is 0 Å². The minimum absolute atomic E-state index is 0.221. The maximum absolute atomic E-state index is 12.9. The first-order chi connectivity index (χ1) is 11.9. The van der Waals surface area contributed by atoms with Crippen molar-refractivity contribution in [2.75, 3.05) is 0 Å². The van der Waals surface area contributed by atoms with Gasteiger partial charge in [0.15, 0.2) is 28.8 Å². The highest BCUT2D eigenvalue weighted by atomic mass is 16.3. The Labute approximate surface area is 141 Å². The molecule has 0 amide bonds. The van der Waals surface area contributed by atoms with E-state index >= 15 is 0 Å². The molecule has 0 saturated heterocycles. The van der Waals surface area contributed by atoms with Crippen LogP contribution in [-0.4, -0.2) is 32.7 Å². The number of hydrogen-bond donors (Lipinski definition) is 3. The monoisotopic (exact) mass is 336 g/mol. The summed E-state index contributed by atoms with van der Waals surface area (Å²) in [7, 11) is 0. The number of allylic oxidation sites excluding steroid dienone is 6. The summed E-state index contributed by atoms with van der Waals surface area (Å²) in [6.07, 6.45) is 7.74. The number of hydrogen-bond acceptors (Lipinski definition) is 6. The molecule has 2 atom stereocenters. The van der Waals surface area contributed by atoms with Gasteiger partial charge in [-0.05, 0) is 53.1 Å². The normalized spacial score (nSPS) is 27.0. The fourth-order valence-electron chi connectivity index (χ4n) is 3.71. The molecule has 0 fully saturated rings. The van der Waals surface area contributed by atoms with Gasteiger partial charge in [-0.15, -0.1) is 0 Å². The summed E-state index contributed by atoms with van der Waals surface area (Å²) in [6.45, 7) is 0. The molecular formula is C19H12O6. The van der Waals surface area contributed by atoms with Gasteiger partial charge in [-0.1, -0.05) is 12.2 Å². The number of aliphatic hydroxyl groups is 1. The van der Waals surface area contributed by atoms with E-state index in [-0.39, 0.29) is 11.3 Å². The Bertz CT molecular complexity index is 991. The molecule has 0 heterocycles. The molecule has 0 aliphatic heterocycles. The third kappa shape index (κ3) is 1.82. The van der Waals surface area contributed by atoms with Gasteiger partial charge >= 0.3 is 0 Å². The zero-order valence-corrected chi connectivity index (χ0v) is 12.8. The molecule has 0 saturated carbocycles. The van der Waals surface area contributed by atoms with Crippen molar-refractivity contribution in [1.82, 2.24) is 0 Å². The van der Waals surface area contributed by atoms with Crippen molar-refractivity contribution >= 4 is 23.4 Å². The molecule has 6 nitrogen and oxygen atoms in total. The molecule has 1 aromatic carbocycles. The van der Waals surface area contributed by atoms with Crippen LogP contribution in [0.5, 0.6) is 11.5 Å². The van der Waals surface area contributed by atoms with Crippen LogP contribution in [0.2, 0.25) is 0 Å². The van der Waals surface area contributed by atoms with Gasteiger partial charge in [0, 0.05) is 5.92 Å². The van der Waals surface area contributed by atoms with Crippen LogP contribution in [0.15, 0.2) is 53.8 Å². The van der Waals surface area contributed by atoms with Crippen LogP contribution in [-0.2, 0) is 19.8 Å². The van der Waals surface area contributed by atoms with Gasteiger partial charge in [0.1, 0.15) is 5.41 Å². The van der Waals surface area contributed by atoms with Crippen LogP contribution < -0.4 is 0 Å². The van der Waals surface area contributed by atoms with E-state index in [2.05, 4.69) is 0 Å². The predicted molar refractivity (Wildman–Crippen MR) is 86.9 cm³/mol. The summed E-state index contributed by atoms with van der Waals surface area (Å²) in [5.41, 5.74) is -0.684. The minimum Gasteiger partial charge on any atom is -0.504 e. The number of rotatable bonds is 0. The quantitative estimate of drug-likeness (QED) is 0.490. The van der Waals surface area contributed by atoms with Crippen LogP contribution in [0.3, 0.4) is 0 Å². The van der Waals surface area contributed by atoms with E-state index in [1.807, 2.05) is 0 Å². The molecule has 0 radical (unpaired) electrons. The summed E-state index contributed by atoms with van der Waals surface area (Å²) in [6, 6.07) is 2.45. The Morgan fingerprint density at radius 1 is 0.840 bits per heavy atom. The Hall–Kier alpha value is -3.41. The van der Waals surface area contributed by atoms with Gasteiger partial charge in [-0.25, -0.2) is 0 Å². The molecule has 3 N–H and O–H groups in total. The lowest BCUT2D eigenvalue weighted by Gasteiger charge is -2.42. The predicted octanol–water partition coefficient (Wildman–Crippen LogP) is 1.64. The van der Waals surface area contributed by atoms with Gasteiger partial charge < -0.3 is 15.3 Å². The summed E-state index contributed by atoms with van der Waals surface area (Å²) in [5.74, 6) is -3.91. The molecule has 1 aromatic rings. The van der Waals surface area contributed by atoms with Crippen molar-refractivity contribution in [1.29, 1.82) is 0 Å². The standard InChI is InChI=1S/C19H12O6/c20-13-5-9-1-3-17(24)19(11(9)7-15(13)22)12-8-16(23)14(21)6-10(12)2-4-18(19)25/h1-8,11,21-23H. The highest BCUT2D eigenvalue weighted by Crippen LogP contribution is 2.50. The largest absolute Gasteiger partial charge is 0.504 e. The van der Waals surface area contributed by atoms with Gasteiger partial charge in [-0.3, -0.25) is 14.4 Å². The van der Waals surface area contributed by atoms with Gasteiger partial charge in [0.2, 0.25) is 5.78 Å². The number of aromatic hydroxyl groups is 2.